The molecule has 14 heavy (non-hydrogen) atoms. The fourth-order valence-corrected chi connectivity index (χ4v) is 1.08. The molecule has 0 aliphatic carbocycles. The molecule has 0 unspecified atom stereocenters. The highest BCUT2D eigenvalue weighted by molar-refractivity contribution is 5.13. The van der Waals surface area contributed by atoms with Gasteiger partial charge in [0, 0.05) is 12.7 Å². The summed E-state index contributed by atoms with van der Waals surface area (Å²) >= 11 is 0. The molecule has 80 valence electrons. The van der Waals surface area contributed by atoms with Gasteiger partial charge < -0.3 is 4.90 Å². The molecular weight excluding hydrogens is 172 g/mol. The van der Waals surface area contributed by atoms with Crippen molar-refractivity contribution in [3.05, 3.63) is 29.6 Å². The molecule has 0 amide bonds. The number of hydrogen-bond acceptors (Lipinski definition) is 2. The Kier molecular flexibility index (Phi) is 7.03. The Morgan fingerprint density at radius 3 is 2.21 bits per heavy atom. The van der Waals surface area contributed by atoms with Crippen molar-refractivity contribution in [2.75, 3.05) is 14.1 Å². The minimum atomic E-state index is 0.921. The number of rotatable bonds is 3. The lowest BCUT2D eigenvalue weighted by molar-refractivity contribution is 0.397. The third-order valence-corrected chi connectivity index (χ3v) is 1.77. The van der Waals surface area contributed by atoms with Crippen LogP contribution in [0.5, 0.6) is 0 Å². The largest absolute Gasteiger partial charge is 0.304 e. The fourth-order valence-electron chi connectivity index (χ4n) is 1.08. The Labute approximate surface area is 88.0 Å². The number of nitrogens with zero attached hydrogens (tertiary/aromatic N) is 2. The second-order valence-corrected chi connectivity index (χ2v) is 3.25. The van der Waals surface area contributed by atoms with Crippen molar-refractivity contribution in [3.63, 3.8) is 0 Å². The van der Waals surface area contributed by atoms with Crippen molar-refractivity contribution in [1.29, 1.82) is 0 Å². The van der Waals surface area contributed by atoms with E-state index < -0.39 is 0 Å². The molecule has 0 fully saturated rings. The average molecular weight is 194 g/mol. The maximum Gasteiger partial charge on any atom is 0.0543 e. The lowest BCUT2D eigenvalue weighted by Crippen LogP contribution is -2.11. The molecule has 2 heteroatoms. The quantitative estimate of drug-likeness (QED) is 0.735. The molecule has 0 spiro atoms. The van der Waals surface area contributed by atoms with E-state index in [1.807, 2.05) is 20.0 Å². The van der Waals surface area contributed by atoms with Gasteiger partial charge in [-0.25, -0.2) is 0 Å². The van der Waals surface area contributed by atoms with Crippen LogP contribution < -0.4 is 0 Å². The van der Waals surface area contributed by atoms with E-state index in [9.17, 15) is 0 Å². The molecule has 1 aromatic rings. The summed E-state index contributed by atoms with van der Waals surface area (Å²) in [7, 11) is 4.10. The van der Waals surface area contributed by atoms with Gasteiger partial charge in [0.25, 0.3) is 0 Å². The summed E-state index contributed by atoms with van der Waals surface area (Å²) in [6.45, 7) is 7.06. The molecule has 0 radical (unpaired) electrons. The van der Waals surface area contributed by atoms with Crippen molar-refractivity contribution in [1.82, 2.24) is 9.88 Å². The van der Waals surface area contributed by atoms with Gasteiger partial charge in [-0.3, -0.25) is 4.98 Å². The first-order valence-corrected chi connectivity index (χ1v) is 5.31. The van der Waals surface area contributed by atoms with Crippen molar-refractivity contribution in [2.45, 2.75) is 33.7 Å². The molecule has 1 heterocycles. The van der Waals surface area contributed by atoms with Crippen LogP contribution in [0, 0.1) is 0 Å². The fraction of sp³-hybridized carbons (Fsp3) is 0.583. The maximum atomic E-state index is 4.35. The number of pyridine rings is 1. The summed E-state index contributed by atoms with van der Waals surface area (Å²) in [6, 6.07) is 4.24. The van der Waals surface area contributed by atoms with Crippen molar-refractivity contribution < 1.29 is 0 Å². The highest BCUT2D eigenvalue weighted by Gasteiger charge is 1.95. The van der Waals surface area contributed by atoms with Gasteiger partial charge in [-0.15, -0.1) is 0 Å². The highest BCUT2D eigenvalue weighted by atomic mass is 15.1. The van der Waals surface area contributed by atoms with E-state index in [0.29, 0.717) is 0 Å². The van der Waals surface area contributed by atoms with Gasteiger partial charge in [0.15, 0.2) is 0 Å². The minimum Gasteiger partial charge on any atom is -0.304 e. The van der Waals surface area contributed by atoms with Gasteiger partial charge >= 0.3 is 0 Å². The summed E-state index contributed by atoms with van der Waals surface area (Å²) in [4.78, 5) is 6.47. The summed E-state index contributed by atoms with van der Waals surface area (Å²) in [5.74, 6) is 0. The standard InChI is InChI=1S/C10H16N2.C2H6/c1-4-9-5-6-10(11-7-9)8-12(2)3;1-2/h5-7H,4,8H2,1-3H3;1-2H3. The Balaban J connectivity index is 0.000000791. The second-order valence-electron chi connectivity index (χ2n) is 3.25. The lowest BCUT2D eigenvalue weighted by Gasteiger charge is -2.08. The number of hydrogen-bond donors (Lipinski definition) is 0. The van der Waals surface area contributed by atoms with Crippen LogP contribution in [0.1, 0.15) is 32.0 Å². The van der Waals surface area contributed by atoms with E-state index >= 15 is 0 Å². The maximum absolute atomic E-state index is 4.35. The zero-order chi connectivity index (χ0) is 11.0. The Bertz CT molecular complexity index is 227. The summed E-state index contributed by atoms with van der Waals surface area (Å²) in [5, 5.41) is 0. The molecule has 0 aliphatic rings. The summed E-state index contributed by atoms with van der Waals surface area (Å²) in [5.41, 5.74) is 2.44. The van der Waals surface area contributed by atoms with E-state index in [-0.39, 0.29) is 0 Å². The Morgan fingerprint density at radius 2 is 1.86 bits per heavy atom. The van der Waals surface area contributed by atoms with Crippen LogP contribution in [0.4, 0.5) is 0 Å². The molecule has 0 atom stereocenters. The normalized spacial score (nSPS) is 9.57. The molecule has 1 aromatic heterocycles. The van der Waals surface area contributed by atoms with Crippen LogP contribution in [0.3, 0.4) is 0 Å². The molecule has 0 saturated heterocycles. The summed E-state index contributed by atoms with van der Waals surface area (Å²) < 4.78 is 0. The van der Waals surface area contributed by atoms with Gasteiger partial charge in [-0.2, -0.15) is 0 Å². The van der Waals surface area contributed by atoms with Crippen LogP contribution in [-0.2, 0) is 13.0 Å². The summed E-state index contributed by atoms with van der Waals surface area (Å²) in [6.07, 6.45) is 3.02. The van der Waals surface area contributed by atoms with Crippen LogP contribution in [-0.4, -0.2) is 24.0 Å². The molecular formula is C12H22N2. The van der Waals surface area contributed by atoms with Crippen LogP contribution in [0.2, 0.25) is 0 Å². The second kappa shape index (κ2) is 7.51. The van der Waals surface area contributed by atoms with Gasteiger partial charge in [-0.1, -0.05) is 26.8 Å². The SMILES string of the molecule is CC.CCc1ccc(CN(C)C)nc1. The van der Waals surface area contributed by atoms with E-state index in [1.54, 1.807) is 0 Å². The van der Waals surface area contributed by atoms with Gasteiger partial charge in [0.2, 0.25) is 0 Å². The van der Waals surface area contributed by atoms with Gasteiger partial charge in [0.1, 0.15) is 0 Å². The average Bonchev–Trinajstić information content (AvgIpc) is 2.21. The van der Waals surface area contributed by atoms with Gasteiger partial charge in [0.05, 0.1) is 5.69 Å². The highest BCUT2D eigenvalue weighted by Crippen LogP contribution is 2.02. The predicted molar refractivity (Wildman–Crippen MR) is 62.4 cm³/mol. The van der Waals surface area contributed by atoms with Crippen molar-refractivity contribution in [2.24, 2.45) is 0 Å². The molecule has 0 N–H and O–H groups in total. The van der Waals surface area contributed by atoms with E-state index in [2.05, 4.69) is 43.0 Å². The molecule has 0 saturated carbocycles. The van der Waals surface area contributed by atoms with Gasteiger partial charge in [-0.05, 0) is 32.1 Å². The van der Waals surface area contributed by atoms with Crippen LogP contribution in [0.25, 0.3) is 0 Å². The molecule has 1 rings (SSSR count). The Morgan fingerprint density at radius 1 is 1.21 bits per heavy atom. The number of aromatic nitrogens is 1. The van der Waals surface area contributed by atoms with Crippen LogP contribution in [0.15, 0.2) is 18.3 Å². The van der Waals surface area contributed by atoms with E-state index in [0.717, 1.165) is 18.7 Å². The molecule has 2 nitrogen and oxygen atoms in total. The lowest BCUT2D eigenvalue weighted by atomic mass is 10.2. The smallest absolute Gasteiger partial charge is 0.0543 e. The van der Waals surface area contributed by atoms with Crippen LogP contribution >= 0.6 is 0 Å². The minimum absolute atomic E-state index is 0.921. The first-order valence-electron chi connectivity index (χ1n) is 5.31. The first-order chi connectivity index (χ1) is 6.72. The monoisotopic (exact) mass is 194 g/mol. The van der Waals surface area contributed by atoms with E-state index in [1.165, 1.54) is 5.56 Å². The molecule has 0 aliphatic heterocycles. The predicted octanol–water partition coefficient (Wildman–Crippen LogP) is 2.73. The third kappa shape index (κ3) is 4.97. The molecule has 0 bridgehead atoms. The third-order valence-electron chi connectivity index (χ3n) is 1.77. The van der Waals surface area contributed by atoms with E-state index in [4.69, 9.17) is 0 Å². The molecule has 0 aromatic carbocycles. The van der Waals surface area contributed by atoms with Crippen molar-refractivity contribution in [3.8, 4) is 0 Å². The topological polar surface area (TPSA) is 16.1 Å². The zero-order valence-electron chi connectivity index (χ0n) is 10.0. The first kappa shape index (κ1) is 13.1. The zero-order valence-corrected chi connectivity index (χ0v) is 10.0. The number of aryl methyl sites for hydroxylation is 1. The Hall–Kier alpha value is -0.890. The van der Waals surface area contributed by atoms with Crippen molar-refractivity contribution >= 4 is 0 Å².